The fourth-order valence-electron chi connectivity index (χ4n) is 3.21. The minimum atomic E-state index is 0.0629. The van der Waals surface area contributed by atoms with Crippen molar-refractivity contribution in [3.8, 4) is 0 Å². The van der Waals surface area contributed by atoms with Crippen LogP contribution in [0.3, 0.4) is 0 Å². The van der Waals surface area contributed by atoms with Crippen LogP contribution >= 0.6 is 34.5 Å². The Morgan fingerprint density at radius 2 is 1.60 bits per heavy atom. The Hall–Kier alpha value is -1.52. The van der Waals surface area contributed by atoms with Crippen molar-refractivity contribution in [3.63, 3.8) is 0 Å². The summed E-state index contributed by atoms with van der Waals surface area (Å²) < 4.78 is 6.18. The van der Waals surface area contributed by atoms with Gasteiger partial charge in [-0.2, -0.15) is 0 Å². The summed E-state index contributed by atoms with van der Waals surface area (Å²) in [6.07, 6.45) is 0.957. The Morgan fingerprint density at radius 3 is 2.24 bits per heavy atom. The van der Waals surface area contributed by atoms with Crippen LogP contribution in [0, 0.1) is 0 Å². The van der Waals surface area contributed by atoms with Crippen molar-refractivity contribution in [3.05, 3.63) is 86.5 Å². The molecule has 1 aliphatic rings. The lowest BCUT2D eigenvalue weighted by Gasteiger charge is -2.40. The number of anilines is 1. The molecule has 2 atom stereocenters. The fraction of sp³-hybridized carbons (Fsp3) is 0.200. The maximum atomic E-state index is 6.18. The number of nitrogens with zero attached hydrogens (tertiary/aromatic N) is 1. The molecule has 0 radical (unpaired) electrons. The molecule has 0 bridgehead atoms. The van der Waals surface area contributed by atoms with Crippen molar-refractivity contribution in [2.45, 2.75) is 18.6 Å². The number of hydrogen-bond acceptors (Lipinski definition) is 3. The number of rotatable bonds is 3. The second-order valence-electron chi connectivity index (χ2n) is 6.05. The van der Waals surface area contributed by atoms with E-state index < -0.39 is 0 Å². The number of thiophene rings is 1. The van der Waals surface area contributed by atoms with Gasteiger partial charge < -0.3 is 9.64 Å². The molecule has 0 N–H and O–H groups in total. The maximum Gasteiger partial charge on any atom is 0.120 e. The van der Waals surface area contributed by atoms with Crippen molar-refractivity contribution in [2.24, 2.45) is 0 Å². The van der Waals surface area contributed by atoms with Gasteiger partial charge in [-0.3, -0.25) is 0 Å². The van der Waals surface area contributed by atoms with Crippen LogP contribution in [0.25, 0.3) is 0 Å². The molecule has 128 valence electrons. The lowest BCUT2D eigenvalue weighted by molar-refractivity contribution is 0.00774. The Bertz CT molecular complexity index is 818. The zero-order valence-corrected chi connectivity index (χ0v) is 15.8. The molecule has 1 fully saturated rings. The summed E-state index contributed by atoms with van der Waals surface area (Å²) in [6, 6.07) is 20.5. The van der Waals surface area contributed by atoms with Crippen LogP contribution in [0.5, 0.6) is 0 Å². The molecule has 0 spiro atoms. The van der Waals surface area contributed by atoms with Crippen LogP contribution in [-0.2, 0) is 4.74 Å². The third-order valence-corrected chi connectivity index (χ3v) is 5.98. The lowest BCUT2D eigenvalue weighted by atomic mass is 9.98. The molecule has 2 nitrogen and oxygen atoms in total. The molecule has 0 saturated carbocycles. The van der Waals surface area contributed by atoms with Gasteiger partial charge >= 0.3 is 0 Å². The molecule has 0 aliphatic carbocycles. The van der Waals surface area contributed by atoms with E-state index in [1.165, 1.54) is 10.4 Å². The highest BCUT2D eigenvalue weighted by Gasteiger charge is 2.32. The molecule has 5 heteroatoms. The van der Waals surface area contributed by atoms with Gasteiger partial charge in [0.05, 0.1) is 12.1 Å². The average molecular weight is 390 g/mol. The van der Waals surface area contributed by atoms with E-state index in [-0.39, 0.29) is 12.1 Å². The molecule has 0 unspecified atom stereocenters. The van der Waals surface area contributed by atoms with Gasteiger partial charge in [-0.15, -0.1) is 11.3 Å². The highest BCUT2D eigenvalue weighted by Crippen LogP contribution is 2.41. The van der Waals surface area contributed by atoms with Crippen LogP contribution < -0.4 is 4.90 Å². The van der Waals surface area contributed by atoms with Crippen molar-refractivity contribution in [2.75, 3.05) is 11.6 Å². The second kappa shape index (κ2) is 7.38. The Morgan fingerprint density at radius 1 is 0.920 bits per heavy atom. The third kappa shape index (κ3) is 3.70. The van der Waals surface area contributed by atoms with Gasteiger partial charge in [0, 0.05) is 27.0 Å². The van der Waals surface area contributed by atoms with E-state index in [1.807, 2.05) is 24.3 Å². The molecule has 3 aromatic rings. The zero-order valence-electron chi connectivity index (χ0n) is 13.4. The van der Waals surface area contributed by atoms with Gasteiger partial charge in [-0.25, -0.2) is 0 Å². The normalized spacial score (nSPS) is 20.6. The molecule has 1 saturated heterocycles. The first-order valence-electron chi connectivity index (χ1n) is 8.13. The molecule has 2 heterocycles. The number of halogens is 2. The minimum Gasteiger partial charge on any atom is -0.353 e. The van der Waals surface area contributed by atoms with Crippen LogP contribution in [0.15, 0.2) is 66.0 Å². The van der Waals surface area contributed by atoms with Gasteiger partial charge in [0.1, 0.15) is 6.73 Å². The van der Waals surface area contributed by atoms with Crippen LogP contribution in [-0.4, -0.2) is 6.73 Å². The highest BCUT2D eigenvalue weighted by molar-refractivity contribution is 7.10. The molecule has 2 aromatic carbocycles. The summed E-state index contributed by atoms with van der Waals surface area (Å²) in [4.78, 5) is 3.64. The fourth-order valence-corrected chi connectivity index (χ4v) is 4.31. The Labute approximate surface area is 161 Å². The topological polar surface area (TPSA) is 12.5 Å². The van der Waals surface area contributed by atoms with Gasteiger partial charge in [0.15, 0.2) is 0 Å². The first kappa shape index (κ1) is 16.9. The zero-order chi connectivity index (χ0) is 17.2. The van der Waals surface area contributed by atoms with Crippen LogP contribution in [0.1, 0.15) is 29.0 Å². The van der Waals surface area contributed by atoms with E-state index in [2.05, 4.69) is 46.7 Å². The first-order valence-corrected chi connectivity index (χ1v) is 9.77. The third-order valence-electron chi connectivity index (χ3n) is 4.50. The predicted octanol–water partition coefficient (Wildman–Crippen LogP) is 6.72. The van der Waals surface area contributed by atoms with E-state index in [1.54, 1.807) is 11.3 Å². The molecule has 1 aliphatic heterocycles. The quantitative estimate of drug-likeness (QED) is 0.492. The van der Waals surface area contributed by atoms with Gasteiger partial charge in [-0.05, 0) is 53.4 Å². The number of hydrogen-bond donors (Lipinski definition) is 0. The van der Waals surface area contributed by atoms with E-state index in [0.29, 0.717) is 6.73 Å². The SMILES string of the molecule is Clc1ccc([C@H]2C[C@H](c3cccs3)N(c3ccc(Cl)cc3)CO2)cc1. The summed E-state index contributed by atoms with van der Waals surface area (Å²) in [5, 5.41) is 3.62. The van der Waals surface area contributed by atoms with Crippen molar-refractivity contribution in [1.82, 2.24) is 0 Å². The van der Waals surface area contributed by atoms with E-state index in [4.69, 9.17) is 27.9 Å². The van der Waals surface area contributed by atoms with E-state index >= 15 is 0 Å². The van der Waals surface area contributed by atoms with Crippen molar-refractivity contribution < 1.29 is 4.74 Å². The van der Waals surface area contributed by atoms with Crippen molar-refractivity contribution >= 4 is 40.2 Å². The smallest absolute Gasteiger partial charge is 0.120 e. The summed E-state index contributed by atoms with van der Waals surface area (Å²) in [6.45, 7) is 0.539. The predicted molar refractivity (Wildman–Crippen MR) is 106 cm³/mol. The Kier molecular flexibility index (Phi) is 5.00. The van der Waals surface area contributed by atoms with Crippen LogP contribution in [0.4, 0.5) is 5.69 Å². The first-order chi connectivity index (χ1) is 12.2. The van der Waals surface area contributed by atoms with Gasteiger partial charge in [-0.1, -0.05) is 41.4 Å². The standard InChI is InChI=1S/C20H17Cl2NOS/c21-15-5-3-14(4-6-15)19-12-18(20-2-1-11-25-20)23(13-24-19)17-9-7-16(22)8-10-17/h1-11,18-19H,12-13H2/t18-,19-/m1/s1. The lowest BCUT2D eigenvalue weighted by Crippen LogP contribution is -2.37. The van der Waals surface area contributed by atoms with Gasteiger partial charge in [0.2, 0.25) is 0 Å². The Balaban J connectivity index is 1.63. The summed E-state index contributed by atoms with van der Waals surface area (Å²) in [5.74, 6) is 0. The monoisotopic (exact) mass is 389 g/mol. The molecule has 1 aromatic heterocycles. The van der Waals surface area contributed by atoms with E-state index in [0.717, 1.165) is 22.2 Å². The molecule has 25 heavy (non-hydrogen) atoms. The van der Waals surface area contributed by atoms with Gasteiger partial charge in [0.25, 0.3) is 0 Å². The molecular formula is C20H17Cl2NOS. The van der Waals surface area contributed by atoms with E-state index in [9.17, 15) is 0 Å². The van der Waals surface area contributed by atoms with Crippen LogP contribution in [0.2, 0.25) is 10.0 Å². The molecular weight excluding hydrogens is 373 g/mol. The minimum absolute atomic E-state index is 0.0629. The summed E-state index contributed by atoms with van der Waals surface area (Å²) in [5.41, 5.74) is 2.29. The summed E-state index contributed by atoms with van der Waals surface area (Å²) >= 11 is 13.8. The average Bonchev–Trinajstić information content (AvgIpc) is 3.17. The molecule has 4 rings (SSSR count). The summed E-state index contributed by atoms with van der Waals surface area (Å²) in [7, 11) is 0. The second-order valence-corrected chi connectivity index (χ2v) is 7.90. The van der Waals surface area contributed by atoms with Crippen molar-refractivity contribution in [1.29, 1.82) is 0 Å². The highest BCUT2D eigenvalue weighted by atomic mass is 35.5. The molecule has 0 amide bonds. The number of benzene rings is 2. The number of ether oxygens (including phenoxy) is 1. The maximum absolute atomic E-state index is 6.18. The largest absolute Gasteiger partial charge is 0.353 e.